The monoisotopic (exact) mass is 294 g/mol. The minimum absolute atomic E-state index is 0.550. The van der Waals surface area contributed by atoms with Gasteiger partial charge in [0.1, 0.15) is 0 Å². The van der Waals surface area contributed by atoms with Gasteiger partial charge in [-0.2, -0.15) is 25.3 Å². The molecular weight excluding hydrogens is 272 g/mol. The number of rotatable bonds is 11. The summed E-state index contributed by atoms with van der Waals surface area (Å²) in [6, 6.07) is 0. The van der Waals surface area contributed by atoms with Crippen molar-refractivity contribution in [2.24, 2.45) is 0 Å². The molecule has 0 fully saturated rings. The Morgan fingerprint density at radius 1 is 0.722 bits per heavy atom. The van der Waals surface area contributed by atoms with Gasteiger partial charge in [-0.15, -0.1) is 0 Å². The second kappa shape index (κ2) is 10.6. The molecule has 0 amide bonds. The van der Waals surface area contributed by atoms with E-state index in [-0.39, 0.29) is 0 Å². The molecule has 0 aliphatic heterocycles. The molecule has 2 atom stereocenters. The van der Waals surface area contributed by atoms with Crippen molar-refractivity contribution in [1.29, 1.82) is 0 Å². The molecule has 0 saturated carbocycles. The molecule has 18 heavy (non-hydrogen) atoms. The van der Waals surface area contributed by atoms with Crippen LogP contribution in [0.5, 0.6) is 0 Å². The molecule has 2 N–H and O–H groups in total. The molecule has 0 spiro atoms. The minimum atomic E-state index is -0.855. The maximum absolute atomic E-state index is 10.5. The number of carboxylic acids is 2. The van der Waals surface area contributed by atoms with Crippen LogP contribution in [0.3, 0.4) is 0 Å². The molecular formula is C12H22O4S2. The van der Waals surface area contributed by atoms with Crippen LogP contribution in [-0.2, 0) is 9.59 Å². The van der Waals surface area contributed by atoms with Crippen LogP contribution in [0, 0.1) is 0 Å². The normalized spacial score (nSPS) is 14.1. The molecule has 0 saturated heterocycles. The van der Waals surface area contributed by atoms with Crippen LogP contribution in [0.15, 0.2) is 0 Å². The van der Waals surface area contributed by atoms with E-state index in [1.54, 1.807) is 0 Å². The van der Waals surface area contributed by atoms with Gasteiger partial charge in [-0.05, 0) is 12.8 Å². The van der Waals surface area contributed by atoms with E-state index < -0.39 is 22.4 Å². The smallest absolute Gasteiger partial charge is 0.316 e. The number of hydrogen-bond acceptors (Lipinski definition) is 4. The number of aliphatic carboxylic acids is 2. The Morgan fingerprint density at radius 3 is 1.28 bits per heavy atom. The second-order valence-corrected chi connectivity index (χ2v) is 5.65. The highest BCUT2D eigenvalue weighted by molar-refractivity contribution is 7.82. The molecule has 0 bridgehead atoms. The SMILES string of the molecule is O=C(O)C(S)CCCCCCCCC(S)C(=O)O. The predicted molar refractivity (Wildman–Crippen MR) is 77.8 cm³/mol. The lowest BCUT2D eigenvalue weighted by Crippen LogP contribution is -2.13. The zero-order valence-electron chi connectivity index (χ0n) is 10.4. The Balaban J connectivity index is 3.26. The van der Waals surface area contributed by atoms with Crippen LogP contribution >= 0.6 is 25.3 Å². The van der Waals surface area contributed by atoms with Gasteiger partial charge in [-0.3, -0.25) is 9.59 Å². The van der Waals surface area contributed by atoms with Crippen LogP contribution in [0.1, 0.15) is 51.4 Å². The van der Waals surface area contributed by atoms with Crippen molar-refractivity contribution in [3.05, 3.63) is 0 Å². The number of hydrogen-bond donors (Lipinski definition) is 4. The zero-order valence-corrected chi connectivity index (χ0v) is 12.2. The number of unbranched alkanes of at least 4 members (excludes halogenated alkanes) is 5. The van der Waals surface area contributed by atoms with Crippen LogP contribution < -0.4 is 0 Å². The van der Waals surface area contributed by atoms with E-state index in [1.807, 2.05) is 0 Å². The lowest BCUT2D eigenvalue weighted by Gasteiger charge is -2.06. The lowest BCUT2D eigenvalue weighted by atomic mass is 10.1. The second-order valence-electron chi connectivity index (χ2n) is 4.41. The van der Waals surface area contributed by atoms with Gasteiger partial charge < -0.3 is 10.2 Å². The van der Waals surface area contributed by atoms with E-state index in [0.717, 1.165) is 38.5 Å². The van der Waals surface area contributed by atoms with Gasteiger partial charge in [-0.25, -0.2) is 0 Å². The van der Waals surface area contributed by atoms with Gasteiger partial charge >= 0.3 is 11.9 Å². The Bertz CT molecular complexity index is 232. The molecule has 2 unspecified atom stereocenters. The van der Waals surface area contributed by atoms with Gasteiger partial charge in [0, 0.05) is 0 Å². The van der Waals surface area contributed by atoms with E-state index in [2.05, 4.69) is 25.3 Å². The first-order valence-corrected chi connectivity index (χ1v) is 7.30. The summed E-state index contributed by atoms with van der Waals surface area (Å²) < 4.78 is 0. The molecule has 0 aliphatic rings. The molecule has 0 heterocycles. The van der Waals surface area contributed by atoms with Crippen LogP contribution in [0.2, 0.25) is 0 Å². The third kappa shape index (κ3) is 9.65. The molecule has 0 aromatic rings. The van der Waals surface area contributed by atoms with Crippen molar-refractivity contribution >= 4 is 37.2 Å². The minimum Gasteiger partial charge on any atom is -0.480 e. The van der Waals surface area contributed by atoms with Crippen LogP contribution in [-0.4, -0.2) is 32.7 Å². The van der Waals surface area contributed by atoms with Crippen molar-refractivity contribution in [3.8, 4) is 0 Å². The Morgan fingerprint density at radius 2 is 1.00 bits per heavy atom. The van der Waals surface area contributed by atoms with Crippen molar-refractivity contribution in [2.75, 3.05) is 0 Å². The van der Waals surface area contributed by atoms with E-state index in [0.29, 0.717) is 12.8 Å². The number of carbonyl (C=O) groups is 2. The first-order chi connectivity index (χ1) is 8.45. The van der Waals surface area contributed by atoms with E-state index >= 15 is 0 Å². The average Bonchev–Trinajstić information content (AvgIpc) is 2.31. The Hall–Kier alpha value is -0.360. The molecule has 6 heteroatoms. The molecule has 0 rings (SSSR count). The topological polar surface area (TPSA) is 74.6 Å². The lowest BCUT2D eigenvalue weighted by molar-refractivity contribution is -0.137. The summed E-state index contributed by atoms with van der Waals surface area (Å²) in [5.41, 5.74) is 0. The summed E-state index contributed by atoms with van der Waals surface area (Å²) >= 11 is 7.92. The van der Waals surface area contributed by atoms with E-state index in [4.69, 9.17) is 10.2 Å². The fraction of sp³-hybridized carbons (Fsp3) is 0.833. The Kier molecular flexibility index (Phi) is 10.3. The average molecular weight is 294 g/mol. The summed E-state index contributed by atoms with van der Waals surface area (Å²) in [4.78, 5) is 21.0. The summed E-state index contributed by atoms with van der Waals surface area (Å²) in [7, 11) is 0. The highest BCUT2D eigenvalue weighted by Gasteiger charge is 2.11. The third-order valence-corrected chi connectivity index (χ3v) is 3.73. The Labute approximate surface area is 119 Å². The third-order valence-electron chi connectivity index (χ3n) is 2.78. The van der Waals surface area contributed by atoms with Crippen molar-refractivity contribution in [3.63, 3.8) is 0 Å². The fourth-order valence-electron chi connectivity index (χ4n) is 1.63. The van der Waals surface area contributed by atoms with Gasteiger partial charge in [0.25, 0.3) is 0 Å². The quantitative estimate of drug-likeness (QED) is 0.349. The standard InChI is InChI=1S/C12H22O4S2/c13-11(14)9(17)7-5-3-1-2-4-6-8-10(18)12(15)16/h9-10,17-18H,1-8H2,(H,13,14)(H,15,16). The molecule has 106 valence electrons. The molecule has 0 aliphatic carbocycles. The van der Waals surface area contributed by atoms with E-state index in [1.165, 1.54) is 0 Å². The predicted octanol–water partition coefficient (Wildman–Crippen LogP) is 2.87. The van der Waals surface area contributed by atoms with Crippen LogP contribution in [0.4, 0.5) is 0 Å². The molecule has 0 radical (unpaired) electrons. The van der Waals surface area contributed by atoms with Gasteiger partial charge in [0.2, 0.25) is 0 Å². The fourth-order valence-corrected chi connectivity index (χ4v) is 1.99. The van der Waals surface area contributed by atoms with Gasteiger partial charge in [-0.1, -0.05) is 38.5 Å². The summed E-state index contributed by atoms with van der Waals surface area (Å²) in [6.07, 6.45) is 7.11. The van der Waals surface area contributed by atoms with Gasteiger partial charge in [0.05, 0.1) is 10.5 Å². The van der Waals surface area contributed by atoms with Crippen molar-refractivity contribution in [1.82, 2.24) is 0 Å². The number of thiol groups is 2. The molecule has 4 nitrogen and oxygen atoms in total. The summed E-state index contributed by atoms with van der Waals surface area (Å²) in [5.74, 6) is -1.71. The highest BCUT2D eigenvalue weighted by Crippen LogP contribution is 2.14. The van der Waals surface area contributed by atoms with Crippen molar-refractivity contribution in [2.45, 2.75) is 61.9 Å². The zero-order chi connectivity index (χ0) is 14.0. The number of carboxylic acid groups (broad SMARTS) is 2. The molecule has 0 aromatic carbocycles. The maximum atomic E-state index is 10.5. The van der Waals surface area contributed by atoms with E-state index in [9.17, 15) is 9.59 Å². The first kappa shape index (κ1) is 17.6. The van der Waals surface area contributed by atoms with Gasteiger partial charge in [0.15, 0.2) is 0 Å². The van der Waals surface area contributed by atoms with Crippen LogP contribution in [0.25, 0.3) is 0 Å². The summed E-state index contributed by atoms with van der Waals surface area (Å²) in [6.45, 7) is 0. The largest absolute Gasteiger partial charge is 0.480 e. The molecule has 0 aromatic heterocycles. The summed E-state index contributed by atoms with van der Waals surface area (Å²) in [5, 5.41) is 16.1. The maximum Gasteiger partial charge on any atom is 0.316 e. The highest BCUT2D eigenvalue weighted by atomic mass is 32.1. The first-order valence-electron chi connectivity index (χ1n) is 6.27. The van der Waals surface area contributed by atoms with Crippen molar-refractivity contribution < 1.29 is 19.8 Å².